The highest BCUT2D eigenvalue weighted by Gasteiger charge is 2.09. The van der Waals surface area contributed by atoms with Crippen LogP contribution in [0.15, 0.2) is 46.9 Å². The van der Waals surface area contributed by atoms with E-state index in [-0.39, 0.29) is 12.6 Å². The third-order valence-corrected chi connectivity index (χ3v) is 4.52. The molecule has 0 heterocycles. The minimum absolute atomic E-state index is 0.0883. The fourth-order valence-electron chi connectivity index (χ4n) is 2.19. The zero-order chi connectivity index (χ0) is 16.7. The Labute approximate surface area is 150 Å². The number of aliphatic hydroxyl groups is 1. The summed E-state index contributed by atoms with van der Waals surface area (Å²) in [6, 6.07) is 13.7. The zero-order valence-corrected chi connectivity index (χ0v) is 15.4. The summed E-state index contributed by atoms with van der Waals surface area (Å²) in [5.74, 6) is 0.813. The molecule has 0 amide bonds. The van der Waals surface area contributed by atoms with Crippen LogP contribution < -0.4 is 10.1 Å². The number of ether oxygens (including phenoxy) is 1. The Kier molecular flexibility index (Phi) is 7.37. The Bertz CT molecular complexity index is 632. The van der Waals surface area contributed by atoms with Crippen LogP contribution >= 0.6 is 27.5 Å². The van der Waals surface area contributed by atoms with E-state index in [0.29, 0.717) is 18.2 Å². The van der Waals surface area contributed by atoms with Crippen LogP contribution in [0.5, 0.6) is 5.75 Å². The van der Waals surface area contributed by atoms with Gasteiger partial charge in [0.05, 0.1) is 6.61 Å². The fourth-order valence-corrected chi connectivity index (χ4v) is 2.79. The zero-order valence-electron chi connectivity index (χ0n) is 13.1. The van der Waals surface area contributed by atoms with Crippen molar-refractivity contribution in [3.05, 3.63) is 63.1 Å². The van der Waals surface area contributed by atoms with E-state index >= 15 is 0 Å². The summed E-state index contributed by atoms with van der Waals surface area (Å²) in [5.41, 5.74) is 2.00. The van der Waals surface area contributed by atoms with Crippen molar-refractivity contribution in [2.75, 3.05) is 6.61 Å². The maximum atomic E-state index is 9.29. The van der Waals surface area contributed by atoms with E-state index in [1.54, 1.807) is 0 Å². The molecule has 1 atom stereocenters. The molecule has 0 bridgehead atoms. The second-order valence-electron chi connectivity index (χ2n) is 5.30. The molecule has 0 aliphatic carbocycles. The van der Waals surface area contributed by atoms with Crippen molar-refractivity contribution in [2.45, 2.75) is 32.5 Å². The Balaban J connectivity index is 2.07. The molecule has 0 aliphatic rings. The van der Waals surface area contributed by atoms with Gasteiger partial charge in [-0.3, -0.25) is 0 Å². The van der Waals surface area contributed by atoms with Crippen molar-refractivity contribution in [1.82, 2.24) is 5.32 Å². The van der Waals surface area contributed by atoms with Gasteiger partial charge in [-0.1, -0.05) is 52.7 Å². The lowest BCUT2D eigenvalue weighted by Gasteiger charge is -2.17. The van der Waals surface area contributed by atoms with Gasteiger partial charge in [-0.25, -0.2) is 0 Å². The molecule has 23 heavy (non-hydrogen) atoms. The van der Waals surface area contributed by atoms with Crippen LogP contribution in [0.2, 0.25) is 5.02 Å². The van der Waals surface area contributed by atoms with Crippen LogP contribution in [0.4, 0.5) is 0 Å². The van der Waals surface area contributed by atoms with E-state index in [1.807, 2.05) is 49.4 Å². The second-order valence-corrected chi connectivity index (χ2v) is 6.62. The average Bonchev–Trinajstić information content (AvgIpc) is 2.56. The van der Waals surface area contributed by atoms with Gasteiger partial charge in [0.15, 0.2) is 0 Å². The minimum Gasteiger partial charge on any atom is -0.489 e. The highest BCUT2D eigenvalue weighted by Crippen LogP contribution is 2.25. The summed E-state index contributed by atoms with van der Waals surface area (Å²) >= 11 is 9.66. The predicted molar refractivity (Wildman–Crippen MR) is 97.9 cm³/mol. The maximum absolute atomic E-state index is 9.29. The predicted octanol–water partition coefficient (Wildman–Crippen LogP) is 4.54. The quantitative estimate of drug-likeness (QED) is 0.686. The number of hydrogen-bond donors (Lipinski definition) is 2. The largest absolute Gasteiger partial charge is 0.489 e. The van der Waals surface area contributed by atoms with Crippen LogP contribution in [0.1, 0.15) is 24.5 Å². The van der Waals surface area contributed by atoms with Crippen LogP contribution in [0.3, 0.4) is 0 Å². The molecule has 3 nitrogen and oxygen atoms in total. The molecule has 0 unspecified atom stereocenters. The maximum Gasteiger partial charge on any atom is 0.124 e. The van der Waals surface area contributed by atoms with E-state index in [0.717, 1.165) is 27.8 Å². The first kappa shape index (κ1) is 18.3. The number of rotatable bonds is 8. The van der Waals surface area contributed by atoms with Crippen LogP contribution in [0, 0.1) is 0 Å². The standard InChI is InChI=1S/C18H21BrClNO2/c1-2-16(11-22)21-10-14-9-15(19)7-8-18(14)23-12-13-5-3-4-6-17(13)20/h3-9,16,21-22H,2,10-12H2,1H3/t16-/m0/s1. The summed E-state index contributed by atoms with van der Waals surface area (Å²) in [6.45, 7) is 3.23. The second kappa shape index (κ2) is 9.28. The number of aliphatic hydroxyl groups excluding tert-OH is 1. The van der Waals surface area contributed by atoms with Gasteiger partial charge >= 0.3 is 0 Å². The monoisotopic (exact) mass is 397 g/mol. The topological polar surface area (TPSA) is 41.5 Å². The average molecular weight is 399 g/mol. The van der Waals surface area contributed by atoms with Crippen molar-refractivity contribution in [2.24, 2.45) is 0 Å². The molecule has 2 aromatic rings. The number of hydrogen-bond acceptors (Lipinski definition) is 3. The number of benzene rings is 2. The van der Waals surface area contributed by atoms with Crippen molar-refractivity contribution >= 4 is 27.5 Å². The summed E-state index contributed by atoms with van der Waals surface area (Å²) in [4.78, 5) is 0. The van der Waals surface area contributed by atoms with E-state index in [2.05, 4.69) is 21.2 Å². The molecule has 0 saturated heterocycles. The molecule has 0 fully saturated rings. The third-order valence-electron chi connectivity index (χ3n) is 3.66. The molecule has 0 spiro atoms. The van der Waals surface area contributed by atoms with Crippen molar-refractivity contribution < 1.29 is 9.84 Å². The summed E-state index contributed by atoms with van der Waals surface area (Å²) in [5, 5.41) is 13.3. The van der Waals surface area contributed by atoms with Crippen LogP contribution in [-0.2, 0) is 13.2 Å². The minimum atomic E-state index is 0.0883. The lowest BCUT2D eigenvalue weighted by molar-refractivity contribution is 0.237. The highest BCUT2D eigenvalue weighted by molar-refractivity contribution is 9.10. The lowest BCUT2D eigenvalue weighted by atomic mass is 10.1. The normalized spacial score (nSPS) is 12.2. The van der Waals surface area contributed by atoms with Gasteiger partial charge in [0.2, 0.25) is 0 Å². The molecule has 0 aliphatic heterocycles. The van der Waals surface area contributed by atoms with Gasteiger partial charge in [-0.2, -0.15) is 0 Å². The highest BCUT2D eigenvalue weighted by atomic mass is 79.9. The van der Waals surface area contributed by atoms with Crippen molar-refractivity contribution in [3.63, 3.8) is 0 Å². The number of nitrogens with one attached hydrogen (secondary N) is 1. The van der Waals surface area contributed by atoms with Crippen molar-refractivity contribution in [1.29, 1.82) is 0 Å². The first-order valence-electron chi connectivity index (χ1n) is 7.63. The SMILES string of the molecule is CC[C@@H](CO)NCc1cc(Br)ccc1OCc1ccccc1Cl. The molecule has 5 heteroatoms. The molecular weight excluding hydrogens is 378 g/mol. The van der Waals surface area contributed by atoms with Gasteiger partial charge < -0.3 is 15.2 Å². The molecule has 2 aromatic carbocycles. The number of halogens is 2. The Hall–Kier alpha value is -1.07. The van der Waals surface area contributed by atoms with E-state index in [4.69, 9.17) is 16.3 Å². The lowest BCUT2D eigenvalue weighted by Crippen LogP contribution is -2.31. The third kappa shape index (κ3) is 5.50. The molecule has 124 valence electrons. The summed E-state index contributed by atoms with van der Waals surface area (Å²) in [6.07, 6.45) is 0.875. The van der Waals surface area contributed by atoms with E-state index < -0.39 is 0 Å². The summed E-state index contributed by atoms with van der Waals surface area (Å²) < 4.78 is 6.95. The molecule has 0 radical (unpaired) electrons. The first-order chi connectivity index (χ1) is 11.1. The van der Waals surface area contributed by atoms with Gasteiger partial charge in [0.25, 0.3) is 0 Å². The Morgan fingerprint density at radius 2 is 2.00 bits per heavy atom. The molecule has 2 rings (SSSR count). The van der Waals surface area contributed by atoms with Crippen molar-refractivity contribution in [3.8, 4) is 5.75 Å². The Morgan fingerprint density at radius 1 is 1.22 bits per heavy atom. The fraction of sp³-hybridized carbons (Fsp3) is 0.333. The van der Waals surface area contributed by atoms with E-state index in [1.165, 1.54) is 0 Å². The molecule has 2 N–H and O–H groups in total. The smallest absolute Gasteiger partial charge is 0.124 e. The van der Waals surface area contributed by atoms with Gasteiger partial charge in [-0.15, -0.1) is 0 Å². The molecular formula is C18H21BrClNO2. The molecule has 0 aromatic heterocycles. The van der Waals surface area contributed by atoms with E-state index in [9.17, 15) is 5.11 Å². The van der Waals surface area contributed by atoms with Gasteiger partial charge in [0.1, 0.15) is 12.4 Å². The van der Waals surface area contributed by atoms with Crippen LogP contribution in [-0.4, -0.2) is 17.8 Å². The first-order valence-corrected chi connectivity index (χ1v) is 8.80. The molecule has 0 saturated carbocycles. The summed E-state index contributed by atoms with van der Waals surface area (Å²) in [7, 11) is 0. The van der Waals surface area contributed by atoms with Crippen LogP contribution in [0.25, 0.3) is 0 Å². The van der Waals surface area contributed by atoms with Gasteiger partial charge in [-0.05, 0) is 30.7 Å². The Morgan fingerprint density at radius 3 is 2.70 bits per heavy atom. The van der Waals surface area contributed by atoms with Gasteiger partial charge in [0, 0.05) is 33.2 Å².